The first-order valence-corrected chi connectivity index (χ1v) is 36.5. The number of aliphatic carboxylic acids is 3. The van der Waals surface area contributed by atoms with Crippen LogP contribution in [0.15, 0.2) is 65.6 Å². The van der Waals surface area contributed by atoms with E-state index >= 15 is 0 Å². The molecule has 0 fully saturated rings. The first-order valence-electron chi connectivity index (χ1n) is 12.7. The fourth-order valence-electron chi connectivity index (χ4n) is 3.68. The number of rotatable bonds is 16. The normalized spacial score (nSPS) is 11.7. The molecule has 0 saturated carbocycles. The Morgan fingerprint density at radius 3 is 1.70 bits per heavy atom. The van der Waals surface area contributed by atoms with Crippen molar-refractivity contribution in [3.63, 3.8) is 0 Å². The number of halogens is 4. The van der Waals surface area contributed by atoms with Gasteiger partial charge in [0.05, 0.1) is 35.7 Å². The van der Waals surface area contributed by atoms with Crippen LogP contribution in [-0.4, -0.2) is 84.0 Å². The van der Waals surface area contributed by atoms with Crippen molar-refractivity contribution in [1.29, 1.82) is 0 Å². The fourth-order valence-corrected chi connectivity index (χ4v) is 3.68. The van der Waals surface area contributed by atoms with Gasteiger partial charge in [-0.25, -0.2) is 33.6 Å². The van der Waals surface area contributed by atoms with E-state index in [-0.39, 0.29) is 38.0 Å². The van der Waals surface area contributed by atoms with Crippen LogP contribution in [0.25, 0.3) is 0 Å². The third kappa shape index (κ3) is 16.9. The van der Waals surface area contributed by atoms with Gasteiger partial charge in [0.25, 0.3) is 0 Å². The monoisotopic (exact) mass is 1080 g/mol. The summed E-state index contributed by atoms with van der Waals surface area (Å²) >= 11 is 13.3. The number of nitrogens with zero attached hydrogens (tertiary/aromatic N) is 3. The number of carboxylic acids is 3. The topological polar surface area (TPSA) is 233 Å². The molecule has 0 aliphatic carbocycles. The zero-order chi connectivity index (χ0) is 35.6. The van der Waals surface area contributed by atoms with Crippen LogP contribution in [0, 0.1) is 0 Å². The van der Waals surface area contributed by atoms with E-state index in [2.05, 4.69) is 63.7 Å². The van der Waals surface area contributed by atoms with E-state index in [1.165, 1.54) is 0 Å². The number of allylic oxidation sites excluding steroid dienone is 1. The molecule has 2 aromatic heterocycles. The Morgan fingerprint density at radius 2 is 1.34 bits per heavy atom. The number of pyridine rings is 2. The molecule has 0 radical (unpaired) electrons. The van der Waals surface area contributed by atoms with Gasteiger partial charge in [-0.2, -0.15) is 0 Å². The third-order valence-electron chi connectivity index (χ3n) is 5.67. The van der Waals surface area contributed by atoms with Crippen molar-refractivity contribution in [2.75, 3.05) is 0 Å². The van der Waals surface area contributed by atoms with Crippen LogP contribution in [0.2, 0.25) is 0 Å². The molecule has 2 atom stereocenters. The molecule has 2 unspecified atom stereocenters. The summed E-state index contributed by atoms with van der Waals surface area (Å²) in [6, 6.07) is 5.22. The average Bonchev–Trinajstić information content (AvgIpc) is 3.00. The van der Waals surface area contributed by atoms with Crippen LogP contribution < -0.4 is 10.6 Å². The molecule has 0 aliphatic rings. The number of carbonyl (C=O) groups is 4. The Balaban J connectivity index is 0.00000204. The summed E-state index contributed by atoms with van der Waals surface area (Å²) < 4.78 is 0. The molecule has 0 spiro atoms. The molecular weight excluding hydrogens is 1060 g/mol. The second-order valence-electron chi connectivity index (χ2n) is 8.84. The van der Waals surface area contributed by atoms with Crippen molar-refractivity contribution >= 4 is 95.5 Å². The molecule has 0 bridgehead atoms. The summed E-state index contributed by atoms with van der Waals surface area (Å²) in [5, 5.41) is 31.7. The van der Waals surface area contributed by atoms with Gasteiger partial charge in [-0.05, 0) is 43.5 Å². The van der Waals surface area contributed by atoms with Gasteiger partial charge in [-0.3, -0.25) is 9.97 Å². The molecule has 0 saturated heterocycles. The third-order valence-corrected chi connectivity index (χ3v) is 5.67. The number of amides is 2. The second kappa shape index (κ2) is 21.6. The molecule has 5 N–H and O–H groups in total. The van der Waals surface area contributed by atoms with Gasteiger partial charge in [-0.15, -0.1) is 0 Å². The van der Waals surface area contributed by atoms with E-state index in [1.807, 2.05) is 11.3 Å². The molecule has 47 heavy (non-hydrogen) atoms. The molecular formula is C27H25Br4N5O10Re. The van der Waals surface area contributed by atoms with Crippen molar-refractivity contribution in [3.8, 4) is 0 Å². The van der Waals surface area contributed by atoms with Gasteiger partial charge in [-0.1, -0.05) is 12.1 Å². The number of carboxylic acid groups (broad SMARTS) is 3. The summed E-state index contributed by atoms with van der Waals surface area (Å²) in [7, 11) is -1.86. The van der Waals surface area contributed by atoms with Gasteiger partial charge < -0.3 is 30.9 Å². The quantitative estimate of drug-likeness (QED) is 0.0921. The van der Waals surface area contributed by atoms with Gasteiger partial charge in [0.1, 0.15) is 23.9 Å². The summed E-state index contributed by atoms with van der Waals surface area (Å²) in [5.74, 6) is -1.66. The number of hydrogen-bond acceptors (Lipinski definition) is 10. The Labute approximate surface area is 296 Å². The summed E-state index contributed by atoms with van der Waals surface area (Å²) in [6.07, 6.45) is 3.05. The average molecular weight is 1090 g/mol. The zero-order valence-electron chi connectivity index (χ0n) is 23.7. The Morgan fingerprint density at radius 1 is 0.809 bits per heavy atom. The van der Waals surface area contributed by atoms with Crippen LogP contribution in [0.1, 0.15) is 30.7 Å². The maximum atomic E-state index is 12.4. The molecule has 2 amide bonds. The van der Waals surface area contributed by atoms with Gasteiger partial charge in [0.2, 0.25) is 0 Å². The van der Waals surface area contributed by atoms with Gasteiger partial charge in [0, 0.05) is 12.4 Å². The van der Waals surface area contributed by atoms with Gasteiger partial charge in [0.15, 0.2) is 11.6 Å². The van der Waals surface area contributed by atoms with Crippen LogP contribution >= 0.6 is 53.7 Å². The van der Waals surface area contributed by atoms with E-state index in [0.717, 1.165) is 11.9 Å². The van der Waals surface area contributed by atoms with Crippen LogP contribution in [-0.2, 0) is 49.3 Å². The number of carbonyl (C=O) groups excluding carboxylic acids is 4. The number of hydrogen-bond donors (Lipinski definition) is 5. The molecule has 2 aromatic rings. The van der Waals surface area contributed by atoms with E-state index in [0.29, 0.717) is 11.4 Å². The fraction of sp³-hybridized carbons (Fsp3) is 0.259. The van der Waals surface area contributed by atoms with Crippen molar-refractivity contribution in [2.45, 2.75) is 44.4 Å². The molecule has 15 nitrogen and oxygen atoms in total. The van der Waals surface area contributed by atoms with Crippen molar-refractivity contribution < 1.29 is 56.4 Å². The van der Waals surface area contributed by atoms with Crippen LogP contribution in [0.4, 0.5) is 4.79 Å². The summed E-state index contributed by atoms with van der Waals surface area (Å²) in [5.41, 5.74) is -1.12. The minimum absolute atomic E-state index is 0.0398. The molecule has 2 heterocycles. The summed E-state index contributed by atoms with van der Waals surface area (Å²) in [4.78, 5) is 91.1. The standard InChI is InChI=1S/C27H25N5O10.4BrH.Re/c33-14-19(32(12-17-6-1-3-10-28-17)13-18-7-2-4-11-29-18)8-5-9-22(25(38)39)30-27(42)31-23(26(40)41)20(15-34)21(16-35)24(36)37;;;;;/h1-4,6-7,10-11,22-23H,5,8-9,12-13H2,(H,36,37)(H,38,39)(H,40,41)(H2,30,31,42);4*1H;/q;;;;;+4/p-4. The second-order valence-corrected chi connectivity index (χ2v) is 80.1. The van der Waals surface area contributed by atoms with Crippen molar-refractivity contribution in [2.24, 2.45) is 0 Å². The van der Waals surface area contributed by atoms with E-state index < -0.39 is 54.6 Å². The SMILES string of the molecule is O=C=C(C(=O)O)C(=C=O)C(NC(=O)NC(CCCC(=C=O)N(Cc1ccccn1)Cc1ccccn1)C(=O)O)C(=O)O.[Br][Re]([Br])([Br])[Br]. The zero-order valence-corrected chi connectivity index (χ0v) is 32.8. The first kappa shape index (κ1) is 41.7. The molecule has 0 aromatic carbocycles. The number of urea groups is 1. The summed E-state index contributed by atoms with van der Waals surface area (Å²) in [6.45, 7) is 0.448. The molecule has 2 rings (SSSR count). The van der Waals surface area contributed by atoms with Crippen molar-refractivity contribution in [3.05, 3.63) is 77.0 Å². The van der Waals surface area contributed by atoms with Crippen molar-refractivity contribution in [1.82, 2.24) is 25.5 Å². The van der Waals surface area contributed by atoms with E-state index in [9.17, 15) is 43.8 Å². The number of nitrogens with one attached hydrogen (secondary N) is 2. The molecule has 20 heteroatoms. The van der Waals surface area contributed by atoms with E-state index in [1.54, 1.807) is 59.0 Å². The number of aromatic nitrogens is 2. The van der Waals surface area contributed by atoms with Crippen LogP contribution in [0.5, 0.6) is 0 Å². The maximum absolute atomic E-state index is 12.4. The predicted molar refractivity (Wildman–Crippen MR) is 177 cm³/mol. The molecule has 0 aliphatic heterocycles. The Hall–Kier alpha value is -3.29. The Bertz CT molecular complexity index is 1510. The van der Waals surface area contributed by atoms with Gasteiger partial charge >= 0.3 is 85.1 Å². The minimum atomic E-state index is -2.35. The predicted octanol–water partition coefficient (Wildman–Crippen LogP) is 3.55. The van der Waals surface area contributed by atoms with Crippen LogP contribution in [0.3, 0.4) is 0 Å². The molecule has 253 valence electrons. The Kier molecular flexibility index (Phi) is 19.1. The first-order chi connectivity index (χ1) is 22.1. The van der Waals surface area contributed by atoms with E-state index in [4.69, 9.17) is 5.11 Å².